The molecule has 0 heterocycles. The molecular formula is C25H35NO4. The van der Waals surface area contributed by atoms with Gasteiger partial charge in [0, 0.05) is 12.6 Å². The molecule has 3 unspecified atom stereocenters. The van der Waals surface area contributed by atoms with Crippen molar-refractivity contribution in [2.45, 2.75) is 57.8 Å². The maximum atomic E-state index is 10.4. The quantitative estimate of drug-likeness (QED) is 0.356. The monoisotopic (exact) mass is 413 g/mol. The molecule has 2 aromatic rings. The van der Waals surface area contributed by atoms with Crippen LogP contribution in [0.25, 0.3) is 5.76 Å². The highest BCUT2D eigenvalue weighted by molar-refractivity contribution is 5.63. The molecule has 0 saturated carbocycles. The minimum atomic E-state index is -0.730. The molecule has 0 aliphatic heterocycles. The van der Waals surface area contributed by atoms with Gasteiger partial charge in [0.2, 0.25) is 0 Å². The molecule has 0 saturated heterocycles. The molecule has 164 valence electrons. The number of aliphatic hydroxyl groups excluding tert-OH is 2. The van der Waals surface area contributed by atoms with Crippen LogP contribution in [-0.2, 0) is 11.2 Å². The standard InChI is InChI=1S/C25H35NO4/c1-18(8-7-9-19(2)30-15-14-21-10-5-4-6-11-21)26-17-25(29)22-12-13-24(28)23(16-22)20(3)27/h4-6,10-13,16,18-19,25-29H,3,7-9,14-15,17H2,1-2H3. The molecule has 0 radical (unpaired) electrons. The van der Waals surface area contributed by atoms with Crippen molar-refractivity contribution in [1.29, 1.82) is 0 Å². The second kappa shape index (κ2) is 12.4. The summed E-state index contributed by atoms with van der Waals surface area (Å²) in [6, 6.07) is 15.3. The number of nitrogens with one attached hydrogen (secondary N) is 1. The van der Waals surface area contributed by atoms with Gasteiger partial charge in [-0.05, 0) is 62.8 Å². The first kappa shape index (κ1) is 23.9. The third kappa shape index (κ3) is 8.19. The molecule has 0 amide bonds. The molecule has 2 aromatic carbocycles. The Kier molecular flexibility index (Phi) is 9.87. The summed E-state index contributed by atoms with van der Waals surface area (Å²) < 4.78 is 5.92. The van der Waals surface area contributed by atoms with Crippen LogP contribution in [0.2, 0.25) is 0 Å². The zero-order chi connectivity index (χ0) is 21.9. The molecule has 5 nitrogen and oxygen atoms in total. The van der Waals surface area contributed by atoms with Gasteiger partial charge in [0.05, 0.1) is 24.4 Å². The first-order valence-corrected chi connectivity index (χ1v) is 10.6. The second-order valence-electron chi connectivity index (χ2n) is 7.90. The molecule has 0 spiro atoms. The van der Waals surface area contributed by atoms with Crippen LogP contribution < -0.4 is 5.32 Å². The Hall–Kier alpha value is -2.34. The third-order valence-electron chi connectivity index (χ3n) is 5.26. The summed E-state index contributed by atoms with van der Waals surface area (Å²) in [7, 11) is 0. The summed E-state index contributed by atoms with van der Waals surface area (Å²) in [6.07, 6.45) is 3.48. The van der Waals surface area contributed by atoms with Crippen molar-refractivity contribution < 1.29 is 20.1 Å². The van der Waals surface area contributed by atoms with Gasteiger partial charge in [-0.1, -0.05) is 43.0 Å². The molecule has 30 heavy (non-hydrogen) atoms. The van der Waals surface area contributed by atoms with Gasteiger partial charge >= 0.3 is 0 Å². The van der Waals surface area contributed by atoms with Gasteiger partial charge in [0.15, 0.2) is 0 Å². The summed E-state index contributed by atoms with van der Waals surface area (Å²) in [5, 5.41) is 33.0. The van der Waals surface area contributed by atoms with E-state index in [4.69, 9.17) is 4.74 Å². The SMILES string of the molecule is C=C(O)c1cc(C(O)CNC(C)CCCC(C)OCCc2ccccc2)ccc1O. The lowest BCUT2D eigenvalue weighted by Crippen LogP contribution is -2.30. The lowest BCUT2D eigenvalue weighted by atomic mass is 10.0. The first-order valence-electron chi connectivity index (χ1n) is 10.6. The van der Waals surface area contributed by atoms with Crippen molar-refractivity contribution >= 4 is 5.76 Å². The number of hydrogen-bond donors (Lipinski definition) is 4. The van der Waals surface area contributed by atoms with Gasteiger partial charge in [0.25, 0.3) is 0 Å². The van der Waals surface area contributed by atoms with E-state index in [0.717, 1.165) is 32.3 Å². The van der Waals surface area contributed by atoms with E-state index < -0.39 is 6.10 Å². The van der Waals surface area contributed by atoms with Gasteiger partial charge in [0.1, 0.15) is 11.5 Å². The number of hydrogen-bond acceptors (Lipinski definition) is 5. The van der Waals surface area contributed by atoms with Crippen LogP contribution in [0.4, 0.5) is 0 Å². The van der Waals surface area contributed by atoms with Gasteiger partial charge in [-0.2, -0.15) is 0 Å². The molecule has 4 N–H and O–H groups in total. The van der Waals surface area contributed by atoms with Crippen LogP contribution in [0.5, 0.6) is 5.75 Å². The highest BCUT2D eigenvalue weighted by atomic mass is 16.5. The summed E-state index contributed by atoms with van der Waals surface area (Å²) in [5.41, 5.74) is 2.16. The van der Waals surface area contributed by atoms with Gasteiger partial charge < -0.3 is 25.4 Å². The minimum absolute atomic E-state index is 0.0557. The van der Waals surface area contributed by atoms with Crippen molar-refractivity contribution in [3.05, 3.63) is 71.8 Å². The Bertz CT molecular complexity index is 778. The van der Waals surface area contributed by atoms with E-state index in [2.05, 4.69) is 37.9 Å². The summed E-state index contributed by atoms with van der Waals surface area (Å²) in [6.45, 7) is 8.78. The summed E-state index contributed by atoms with van der Waals surface area (Å²) >= 11 is 0. The number of ether oxygens (including phenoxy) is 1. The number of aliphatic hydroxyl groups is 2. The summed E-state index contributed by atoms with van der Waals surface area (Å²) in [5.74, 6) is -0.275. The van der Waals surface area contributed by atoms with Crippen LogP contribution in [0.3, 0.4) is 0 Å². The number of aromatic hydroxyl groups is 1. The number of benzene rings is 2. The smallest absolute Gasteiger partial charge is 0.126 e. The fraction of sp³-hybridized carbons (Fsp3) is 0.440. The van der Waals surface area contributed by atoms with Crippen LogP contribution in [0, 0.1) is 0 Å². The molecule has 2 rings (SSSR count). The van der Waals surface area contributed by atoms with Crippen molar-refractivity contribution in [2.24, 2.45) is 0 Å². The largest absolute Gasteiger partial charge is 0.508 e. The Morgan fingerprint density at radius 3 is 2.53 bits per heavy atom. The molecule has 0 aromatic heterocycles. The Morgan fingerprint density at radius 1 is 1.10 bits per heavy atom. The van der Waals surface area contributed by atoms with E-state index in [1.54, 1.807) is 12.1 Å². The lowest BCUT2D eigenvalue weighted by Gasteiger charge is -2.19. The van der Waals surface area contributed by atoms with Crippen molar-refractivity contribution in [3.8, 4) is 5.75 Å². The lowest BCUT2D eigenvalue weighted by molar-refractivity contribution is 0.0602. The highest BCUT2D eigenvalue weighted by Gasteiger charge is 2.13. The average molecular weight is 414 g/mol. The normalized spacial score (nSPS) is 14.2. The van der Waals surface area contributed by atoms with Crippen LogP contribution >= 0.6 is 0 Å². The van der Waals surface area contributed by atoms with Crippen LogP contribution in [0.15, 0.2) is 55.1 Å². The van der Waals surface area contributed by atoms with Crippen molar-refractivity contribution in [3.63, 3.8) is 0 Å². The molecule has 0 aliphatic rings. The predicted molar refractivity (Wildman–Crippen MR) is 122 cm³/mol. The number of phenols is 1. The maximum absolute atomic E-state index is 10.4. The Labute approximate surface area is 180 Å². The highest BCUT2D eigenvalue weighted by Crippen LogP contribution is 2.26. The van der Waals surface area contributed by atoms with Crippen LogP contribution in [-0.4, -0.2) is 40.6 Å². The third-order valence-corrected chi connectivity index (χ3v) is 5.26. The maximum Gasteiger partial charge on any atom is 0.126 e. The topological polar surface area (TPSA) is 82.0 Å². The first-order chi connectivity index (χ1) is 14.4. The predicted octanol–water partition coefficient (Wildman–Crippen LogP) is 4.75. The molecule has 3 atom stereocenters. The Balaban J connectivity index is 1.63. The molecule has 5 heteroatoms. The Morgan fingerprint density at radius 2 is 1.83 bits per heavy atom. The molecular weight excluding hydrogens is 378 g/mol. The van der Waals surface area contributed by atoms with E-state index in [0.29, 0.717) is 12.1 Å². The summed E-state index contributed by atoms with van der Waals surface area (Å²) in [4.78, 5) is 0. The number of rotatable bonds is 13. The van der Waals surface area contributed by atoms with Gasteiger partial charge in [-0.3, -0.25) is 0 Å². The van der Waals surface area contributed by atoms with Gasteiger partial charge in [-0.25, -0.2) is 0 Å². The zero-order valence-corrected chi connectivity index (χ0v) is 18.1. The number of phenolic OH excluding ortho intramolecular Hbond substituents is 1. The second-order valence-corrected chi connectivity index (χ2v) is 7.90. The fourth-order valence-corrected chi connectivity index (χ4v) is 3.34. The van der Waals surface area contributed by atoms with E-state index in [9.17, 15) is 15.3 Å². The van der Waals surface area contributed by atoms with E-state index in [1.165, 1.54) is 11.6 Å². The van der Waals surface area contributed by atoms with E-state index in [1.807, 2.05) is 18.2 Å². The molecule has 0 bridgehead atoms. The van der Waals surface area contributed by atoms with E-state index >= 15 is 0 Å². The van der Waals surface area contributed by atoms with Crippen LogP contribution in [0.1, 0.15) is 55.9 Å². The van der Waals surface area contributed by atoms with Crippen molar-refractivity contribution in [1.82, 2.24) is 5.32 Å². The fourth-order valence-electron chi connectivity index (χ4n) is 3.34. The zero-order valence-electron chi connectivity index (χ0n) is 18.1. The van der Waals surface area contributed by atoms with Gasteiger partial charge in [-0.15, -0.1) is 0 Å². The molecule has 0 fully saturated rings. The minimum Gasteiger partial charge on any atom is -0.508 e. The molecule has 0 aliphatic carbocycles. The van der Waals surface area contributed by atoms with Crippen molar-refractivity contribution in [2.75, 3.05) is 13.2 Å². The van der Waals surface area contributed by atoms with E-state index in [-0.39, 0.29) is 29.2 Å². The average Bonchev–Trinajstić information content (AvgIpc) is 2.73.